The average Bonchev–Trinajstić information content (AvgIpc) is 2.69. The second-order valence-corrected chi connectivity index (χ2v) is 6.91. The molecule has 0 heterocycles. The summed E-state index contributed by atoms with van der Waals surface area (Å²) in [6.45, 7) is 6.79. The summed E-state index contributed by atoms with van der Waals surface area (Å²) in [5.74, 6) is 1.64. The van der Waals surface area contributed by atoms with Gasteiger partial charge in [-0.1, -0.05) is 36.4 Å². The smallest absolute Gasteiger partial charge is 0.191 e. The molecule has 2 aromatic rings. The minimum atomic E-state index is 0. The maximum Gasteiger partial charge on any atom is 0.191 e. The van der Waals surface area contributed by atoms with Gasteiger partial charge in [0, 0.05) is 32.7 Å². The van der Waals surface area contributed by atoms with Gasteiger partial charge in [0.1, 0.15) is 5.75 Å². The zero-order valence-electron chi connectivity index (χ0n) is 17.5. The van der Waals surface area contributed by atoms with Gasteiger partial charge in [-0.05, 0) is 49.7 Å². The second kappa shape index (κ2) is 12.6. The first-order valence-electron chi connectivity index (χ1n) is 9.38. The van der Waals surface area contributed by atoms with Crippen molar-refractivity contribution in [3.8, 4) is 5.75 Å². The van der Waals surface area contributed by atoms with E-state index in [0.717, 1.165) is 30.4 Å². The van der Waals surface area contributed by atoms with Crippen molar-refractivity contribution in [2.75, 3.05) is 21.2 Å². The Bertz CT molecular complexity index is 749. The van der Waals surface area contributed by atoms with Crippen LogP contribution in [-0.4, -0.2) is 38.1 Å². The summed E-state index contributed by atoms with van der Waals surface area (Å²) in [6.07, 6.45) is 0. The van der Waals surface area contributed by atoms with Crippen LogP contribution in [0.1, 0.15) is 30.5 Å². The lowest BCUT2D eigenvalue weighted by atomic mass is 10.1. The van der Waals surface area contributed by atoms with Gasteiger partial charge in [0.05, 0.1) is 7.11 Å². The van der Waals surface area contributed by atoms with Crippen molar-refractivity contribution in [3.05, 3.63) is 65.2 Å². The predicted octanol–water partition coefficient (Wildman–Crippen LogP) is 4.02. The highest BCUT2D eigenvalue weighted by Gasteiger charge is 2.08. The van der Waals surface area contributed by atoms with Crippen LogP contribution in [-0.2, 0) is 19.6 Å². The van der Waals surface area contributed by atoms with Gasteiger partial charge in [0.2, 0.25) is 0 Å². The first-order valence-corrected chi connectivity index (χ1v) is 9.38. The number of benzene rings is 2. The van der Waals surface area contributed by atoms with Crippen molar-refractivity contribution in [1.29, 1.82) is 0 Å². The van der Waals surface area contributed by atoms with E-state index in [9.17, 15) is 0 Å². The zero-order chi connectivity index (χ0) is 19.6. The van der Waals surface area contributed by atoms with Gasteiger partial charge < -0.3 is 15.4 Å². The number of hydrogen-bond acceptors (Lipinski definition) is 3. The summed E-state index contributed by atoms with van der Waals surface area (Å²) >= 11 is 0. The maximum atomic E-state index is 5.28. The van der Waals surface area contributed by atoms with Gasteiger partial charge in [-0.3, -0.25) is 9.89 Å². The molecular weight excluding hydrogens is 463 g/mol. The van der Waals surface area contributed by atoms with Crippen LogP contribution >= 0.6 is 24.0 Å². The van der Waals surface area contributed by atoms with E-state index in [2.05, 4.69) is 71.8 Å². The molecule has 2 rings (SSSR count). The lowest BCUT2D eigenvalue weighted by Crippen LogP contribution is -2.36. The molecule has 0 saturated heterocycles. The van der Waals surface area contributed by atoms with Crippen molar-refractivity contribution < 1.29 is 4.74 Å². The molecule has 5 nitrogen and oxygen atoms in total. The van der Waals surface area contributed by atoms with Crippen LogP contribution in [0.25, 0.3) is 0 Å². The van der Waals surface area contributed by atoms with Crippen molar-refractivity contribution in [2.24, 2.45) is 4.99 Å². The molecule has 2 aromatic carbocycles. The molecule has 0 spiro atoms. The first kappa shape index (κ1) is 24.2. The van der Waals surface area contributed by atoms with Gasteiger partial charge in [-0.15, -0.1) is 24.0 Å². The molecule has 154 valence electrons. The summed E-state index contributed by atoms with van der Waals surface area (Å²) in [6, 6.07) is 17.1. The highest BCUT2D eigenvalue weighted by molar-refractivity contribution is 14.0. The van der Waals surface area contributed by atoms with Gasteiger partial charge in [-0.2, -0.15) is 0 Å². The molecule has 0 aliphatic rings. The summed E-state index contributed by atoms with van der Waals surface area (Å²) in [7, 11) is 5.63. The van der Waals surface area contributed by atoms with Crippen LogP contribution in [0.15, 0.2) is 53.5 Å². The molecule has 0 fully saturated rings. The molecule has 28 heavy (non-hydrogen) atoms. The molecule has 2 N–H and O–H groups in total. The number of nitrogens with one attached hydrogen (secondary N) is 2. The number of rotatable bonds is 8. The van der Waals surface area contributed by atoms with E-state index in [1.807, 2.05) is 18.2 Å². The highest BCUT2D eigenvalue weighted by Crippen LogP contribution is 2.13. The summed E-state index contributed by atoms with van der Waals surface area (Å²) < 4.78 is 5.28. The van der Waals surface area contributed by atoms with E-state index >= 15 is 0 Å². The van der Waals surface area contributed by atoms with Crippen LogP contribution in [0.5, 0.6) is 5.75 Å². The van der Waals surface area contributed by atoms with Crippen molar-refractivity contribution >= 4 is 29.9 Å². The fourth-order valence-corrected chi connectivity index (χ4v) is 2.70. The van der Waals surface area contributed by atoms with Crippen LogP contribution in [0.4, 0.5) is 0 Å². The Labute approximate surface area is 186 Å². The number of halogens is 1. The van der Waals surface area contributed by atoms with Crippen LogP contribution in [0.2, 0.25) is 0 Å². The number of guanidine groups is 1. The number of ether oxygens (including phenoxy) is 1. The Hall–Kier alpha value is -1.80. The Morgan fingerprint density at radius 3 is 2.36 bits per heavy atom. The molecule has 6 heteroatoms. The third kappa shape index (κ3) is 7.67. The van der Waals surface area contributed by atoms with Crippen LogP contribution < -0.4 is 15.4 Å². The number of methoxy groups -OCH3 is 1. The quantitative estimate of drug-likeness (QED) is 0.330. The first-order chi connectivity index (χ1) is 13.0. The fourth-order valence-electron chi connectivity index (χ4n) is 2.70. The largest absolute Gasteiger partial charge is 0.497 e. The normalized spacial score (nSPS) is 11.3. The Balaban J connectivity index is 0.00000392. The lowest BCUT2D eigenvalue weighted by Gasteiger charge is -2.23. The Kier molecular flexibility index (Phi) is 10.9. The summed E-state index contributed by atoms with van der Waals surface area (Å²) in [5.41, 5.74) is 3.77. The van der Waals surface area contributed by atoms with Crippen molar-refractivity contribution in [1.82, 2.24) is 15.5 Å². The summed E-state index contributed by atoms with van der Waals surface area (Å²) in [4.78, 5) is 6.67. The van der Waals surface area contributed by atoms with E-state index in [0.29, 0.717) is 12.6 Å². The highest BCUT2D eigenvalue weighted by atomic mass is 127. The number of nitrogens with zero attached hydrogens (tertiary/aromatic N) is 2. The predicted molar refractivity (Wildman–Crippen MR) is 128 cm³/mol. The molecule has 0 aliphatic carbocycles. The topological polar surface area (TPSA) is 48.9 Å². The Morgan fingerprint density at radius 2 is 1.71 bits per heavy atom. The van der Waals surface area contributed by atoms with E-state index in [1.54, 1.807) is 14.2 Å². The molecular formula is C22H33IN4O. The molecule has 0 unspecified atom stereocenters. The molecule has 0 amide bonds. The van der Waals surface area contributed by atoms with Crippen LogP contribution in [0.3, 0.4) is 0 Å². The fraction of sp³-hybridized carbons (Fsp3) is 0.409. The number of hydrogen-bond donors (Lipinski definition) is 2. The molecule has 0 aliphatic heterocycles. The van der Waals surface area contributed by atoms with Gasteiger partial charge >= 0.3 is 0 Å². The van der Waals surface area contributed by atoms with Crippen molar-refractivity contribution in [2.45, 2.75) is 39.5 Å². The van der Waals surface area contributed by atoms with Crippen LogP contribution in [0, 0.1) is 0 Å². The van der Waals surface area contributed by atoms with Crippen molar-refractivity contribution in [3.63, 3.8) is 0 Å². The SMILES string of the molecule is CN=C(NCc1cccc(OC)c1)NCc1ccccc1CN(C)C(C)C.I. The minimum absolute atomic E-state index is 0. The monoisotopic (exact) mass is 496 g/mol. The molecule has 0 bridgehead atoms. The lowest BCUT2D eigenvalue weighted by molar-refractivity contribution is 0.265. The maximum absolute atomic E-state index is 5.28. The molecule has 0 aromatic heterocycles. The van der Waals surface area contributed by atoms with E-state index in [4.69, 9.17) is 4.74 Å². The standard InChI is InChI=1S/C22H32N4O.HI/c1-17(2)26(4)16-20-11-7-6-10-19(20)15-25-22(23-3)24-14-18-9-8-12-21(13-18)27-5;/h6-13,17H,14-16H2,1-5H3,(H2,23,24,25);1H. The number of aliphatic imine (C=N–C) groups is 1. The zero-order valence-corrected chi connectivity index (χ0v) is 19.9. The molecule has 0 atom stereocenters. The van der Waals surface area contributed by atoms with E-state index in [1.165, 1.54) is 11.1 Å². The van der Waals surface area contributed by atoms with Gasteiger partial charge in [0.25, 0.3) is 0 Å². The van der Waals surface area contributed by atoms with Gasteiger partial charge in [-0.25, -0.2) is 0 Å². The Morgan fingerprint density at radius 1 is 1.04 bits per heavy atom. The molecule has 0 saturated carbocycles. The molecule has 0 radical (unpaired) electrons. The van der Waals surface area contributed by atoms with Gasteiger partial charge in [0.15, 0.2) is 5.96 Å². The summed E-state index contributed by atoms with van der Waals surface area (Å²) in [5, 5.41) is 6.78. The van der Waals surface area contributed by atoms with E-state index < -0.39 is 0 Å². The third-order valence-corrected chi connectivity index (χ3v) is 4.68. The third-order valence-electron chi connectivity index (χ3n) is 4.68. The minimum Gasteiger partial charge on any atom is -0.497 e. The second-order valence-electron chi connectivity index (χ2n) is 6.91. The average molecular weight is 496 g/mol. The van der Waals surface area contributed by atoms with E-state index in [-0.39, 0.29) is 24.0 Å².